The molecule has 8 heteroatoms. The highest BCUT2D eigenvalue weighted by molar-refractivity contribution is 5.92. The van der Waals surface area contributed by atoms with E-state index < -0.39 is 6.43 Å². The third kappa shape index (κ3) is 3.08. The Kier molecular flexibility index (Phi) is 4.46. The Labute approximate surface area is 137 Å². The molecular formula is C16H18F2N4O2. The van der Waals surface area contributed by atoms with E-state index in [0.29, 0.717) is 12.8 Å². The normalized spacial score (nSPS) is 16.8. The van der Waals surface area contributed by atoms with Crippen molar-refractivity contribution in [2.45, 2.75) is 25.7 Å². The largest absolute Gasteiger partial charge is 0.497 e. The number of nitrogens with zero attached hydrogens (tertiary/aromatic N) is 3. The second kappa shape index (κ2) is 6.54. The second-order valence-corrected chi connectivity index (χ2v) is 5.81. The van der Waals surface area contributed by atoms with Crippen molar-refractivity contribution in [3.8, 4) is 5.75 Å². The first-order valence-electron chi connectivity index (χ1n) is 7.64. The van der Waals surface area contributed by atoms with Gasteiger partial charge in [0.2, 0.25) is 5.91 Å². The van der Waals surface area contributed by atoms with Crippen molar-refractivity contribution in [3.63, 3.8) is 0 Å². The Morgan fingerprint density at radius 3 is 2.92 bits per heavy atom. The van der Waals surface area contributed by atoms with Crippen LogP contribution in [0.15, 0.2) is 18.2 Å². The average molecular weight is 336 g/mol. The Morgan fingerprint density at radius 2 is 2.21 bits per heavy atom. The van der Waals surface area contributed by atoms with Crippen LogP contribution in [0.5, 0.6) is 5.75 Å². The number of hydrogen-bond acceptors (Lipinski definition) is 4. The van der Waals surface area contributed by atoms with E-state index in [-0.39, 0.29) is 23.3 Å². The van der Waals surface area contributed by atoms with Gasteiger partial charge in [-0.1, -0.05) is 11.3 Å². The number of aromatic nitrogens is 3. The van der Waals surface area contributed by atoms with E-state index >= 15 is 0 Å². The Morgan fingerprint density at radius 1 is 1.42 bits per heavy atom. The van der Waals surface area contributed by atoms with E-state index in [0.717, 1.165) is 28.0 Å². The molecule has 0 fully saturated rings. The van der Waals surface area contributed by atoms with E-state index in [4.69, 9.17) is 4.74 Å². The van der Waals surface area contributed by atoms with Crippen LogP contribution in [0.4, 0.5) is 14.6 Å². The molecule has 1 N–H and O–H groups in total. The maximum Gasteiger partial charge on any atom is 0.283 e. The number of amides is 1. The highest BCUT2D eigenvalue weighted by Crippen LogP contribution is 2.30. The van der Waals surface area contributed by atoms with Gasteiger partial charge >= 0.3 is 0 Å². The van der Waals surface area contributed by atoms with Crippen molar-refractivity contribution in [1.29, 1.82) is 0 Å². The van der Waals surface area contributed by atoms with Crippen LogP contribution in [0.2, 0.25) is 0 Å². The summed E-state index contributed by atoms with van der Waals surface area (Å²) in [7, 11) is 2.98. The molecular weight excluding hydrogens is 318 g/mol. The second-order valence-electron chi connectivity index (χ2n) is 5.81. The number of aryl methyl sites for hydroxylation is 2. The molecule has 0 aliphatic heterocycles. The van der Waals surface area contributed by atoms with Crippen LogP contribution in [-0.2, 0) is 24.7 Å². The summed E-state index contributed by atoms with van der Waals surface area (Å²) in [5.41, 5.74) is 1.85. The molecule has 0 bridgehead atoms. The number of alkyl halides is 2. The topological polar surface area (TPSA) is 69.0 Å². The van der Waals surface area contributed by atoms with E-state index in [9.17, 15) is 13.6 Å². The monoisotopic (exact) mass is 336 g/mol. The smallest absolute Gasteiger partial charge is 0.283 e. The number of methoxy groups -OCH3 is 1. The van der Waals surface area contributed by atoms with Gasteiger partial charge in [-0.05, 0) is 42.5 Å². The Hall–Kier alpha value is -2.51. The fourth-order valence-corrected chi connectivity index (χ4v) is 3.00. The van der Waals surface area contributed by atoms with Gasteiger partial charge in [-0.2, -0.15) is 0 Å². The maximum absolute atomic E-state index is 13.0. The van der Waals surface area contributed by atoms with Crippen LogP contribution < -0.4 is 10.1 Å². The molecule has 6 nitrogen and oxygen atoms in total. The molecule has 0 unspecified atom stereocenters. The van der Waals surface area contributed by atoms with Gasteiger partial charge in [0.15, 0.2) is 5.82 Å². The lowest BCUT2D eigenvalue weighted by molar-refractivity contribution is -0.120. The minimum Gasteiger partial charge on any atom is -0.497 e. The van der Waals surface area contributed by atoms with Gasteiger partial charge in [-0.25, -0.2) is 13.5 Å². The first kappa shape index (κ1) is 16.4. The summed E-state index contributed by atoms with van der Waals surface area (Å²) in [6.07, 6.45) is -0.793. The van der Waals surface area contributed by atoms with Crippen molar-refractivity contribution in [2.75, 3.05) is 12.4 Å². The number of rotatable bonds is 4. The van der Waals surface area contributed by atoms with Gasteiger partial charge < -0.3 is 10.1 Å². The van der Waals surface area contributed by atoms with Crippen molar-refractivity contribution >= 4 is 11.7 Å². The molecule has 1 heterocycles. The fourth-order valence-electron chi connectivity index (χ4n) is 3.00. The van der Waals surface area contributed by atoms with Gasteiger partial charge in [0.25, 0.3) is 6.43 Å². The van der Waals surface area contributed by atoms with E-state index in [1.54, 1.807) is 7.11 Å². The average Bonchev–Trinajstić information content (AvgIpc) is 2.94. The molecule has 3 rings (SSSR count). The fraction of sp³-hybridized carbons (Fsp3) is 0.438. The molecule has 0 radical (unpaired) electrons. The lowest BCUT2D eigenvalue weighted by Crippen LogP contribution is -2.28. The number of ether oxygens (including phenoxy) is 1. The van der Waals surface area contributed by atoms with Crippen LogP contribution in [0.3, 0.4) is 0 Å². The molecule has 1 aliphatic rings. The molecule has 2 aromatic rings. The number of anilines is 1. The van der Waals surface area contributed by atoms with Crippen LogP contribution in [0.25, 0.3) is 0 Å². The zero-order chi connectivity index (χ0) is 17.3. The predicted octanol–water partition coefficient (Wildman–Crippen LogP) is 2.50. The molecule has 0 saturated carbocycles. The number of benzene rings is 1. The minimum atomic E-state index is -2.75. The van der Waals surface area contributed by atoms with Gasteiger partial charge in [-0.3, -0.25) is 4.79 Å². The van der Waals surface area contributed by atoms with Crippen LogP contribution in [0.1, 0.15) is 29.7 Å². The third-order valence-electron chi connectivity index (χ3n) is 4.33. The molecule has 128 valence electrons. The van der Waals surface area contributed by atoms with Crippen LogP contribution >= 0.6 is 0 Å². The SMILES string of the molecule is COc1ccc2c(c1)CC[C@H](C(=O)Nc1nnn(C)c1C(F)F)C2. The standard InChI is InChI=1S/C16H18F2N4O2/c1-22-13(14(17)18)15(20-21-22)19-16(23)11-4-3-10-8-12(24-2)6-5-9(10)7-11/h5-6,8,11,14H,3-4,7H2,1-2H3,(H,19,23)/t11-/m0/s1. The summed E-state index contributed by atoms with van der Waals surface area (Å²) in [4.78, 5) is 12.4. The van der Waals surface area contributed by atoms with Crippen molar-refractivity contribution in [1.82, 2.24) is 15.0 Å². The third-order valence-corrected chi connectivity index (χ3v) is 4.33. The summed E-state index contributed by atoms with van der Waals surface area (Å²) in [5, 5.41) is 9.67. The van der Waals surface area contributed by atoms with E-state index in [2.05, 4.69) is 15.6 Å². The van der Waals surface area contributed by atoms with Crippen molar-refractivity contribution < 1.29 is 18.3 Å². The molecule has 24 heavy (non-hydrogen) atoms. The minimum absolute atomic E-state index is 0.168. The number of carbonyl (C=O) groups is 1. The molecule has 0 saturated heterocycles. The lowest BCUT2D eigenvalue weighted by atomic mass is 9.83. The molecule has 1 aliphatic carbocycles. The highest BCUT2D eigenvalue weighted by atomic mass is 19.3. The first-order valence-corrected chi connectivity index (χ1v) is 7.64. The molecule has 1 amide bonds. The summed E-state index contributed by atoms with van der Waals surface area (Å²) in [6, 6.07) is 5.78. The molecule has 1 aromatic heterocycles. The molecule has 1 atom stereocenters. The summed E-state index contributed by atoms with van der Waals surface area (Å²) < 4.78 is 32.2. The Balaban J connectivity index is 1.73. The predicted molar refractivity (Wildman–Crippen MR) is 83.1 cm³/mol. The van der Waals surface area contributed by atoms with Crippen molar-refractivity contribution in [3.05, 3.63) is 35.0 Å². The van der Waals surface area contributed by atoms with Crippen molar-refractivity contribution in [2.24, 2.45) is 13.0 Å². The quantitative estimate of drug-likeness (QED) is 0.931. The van der Waals surface area contributed by atoms with Gasteiger partial charge in [0.05, 0.1) is 7.11 Å². The zero-order valence-corrected chi connectivity index (χ0v) is 13.4. The molecule has 0 spiro atoms. The van der Waals surface area contributed by atoms with E-state index in [1.165, 1.54) is 7.05 Å². The number of hydrogen-bond donors (Lipinski definition) is 1. The maximum atomic E-state index is 13.0. The Bertz CT molecular complexity index is 761. The number of fused-ring (bicyclic) bond motifs is 1. The van der Waals surface area contributed by atoms with Crippen LogP contribution in [0, 0.1) is 5.92 Å². The van der Waals surface area contributed by atoms with Gasteiger partial charge in [-0.15, -0.1) is 5.10 Å². The van der Waals surface area contributed by atoms with Crippen LogP contribution in [-0.4, -0.2) is 28.0 Å². The summed E-state index contributed by atoms with van der Waals surface area (Å²) in [6.45, 7) is 0. The number of nitrogens with one attached hydrogen (secondary N) is 1. The van der Waals surface area contributed by atoms with Gasteiger partial charge in [0, 0.05) is 13.0 Å². The lowest BCUT2D eigenvalue weighted by Gasteiger charge is -2.24. The van der Waals surface area contributed by atoms with Gasteiger partial charge in [0.1, 0.15) is 11.4 Å². The number of carbonyl (C=O) groups excluding carboxylic acids is 1. The van der Waals surface area contributed by atoms with E-state index in [1.807, 2.05) is 18.2 Å². The highest BCUT2D eigenvalue weighted by Gasteiger charge is 2.28. The first-order chi connectivity index (χ1) is 11.5. The number of halogens is 2. The summed E-state index contributed by atoms with van der Waals surface area (Å²) in [5.74, 6) is 0.0353. The zero-order valence-electron chi connectivity index (χ0n) is 13.4. The molecule has 1 aromatic carbocycles. The summed E-state index contributed by atoms with van der Waals surface area (Å²) >= 11 is 0.